The number of aliphatic imine (C=N–C) groups is 1. The molecule has 0 radical (unpaired) electrons. The average Bonchev–Trinajstić information content (AvgIpc) is 3.24. The van der Waals surface area contributed by atoms with Gasteiger partial charge < -0.3 is 10.0 Å². The lowest BCUT2D eigenvalue weighted by Crippen LogP contribution is -2.45. The Labute approximate surface area is 199 Å². The topological polar surface area (TPSA) is 69.0 Å². The molecule has 1 aromatic carbocycles. The zero-order chi connectivity index (χ0) is 22.8. The molecule has 1 aromatic heterocycles. The number of nitrogens with zero attached hydrogens (tertiary/aromatic N) is 4. The van der Waals surface area contributed by atoms with Crippen LogP contribution in [0.3, 0.4) is 0 Å². The number of carbonyl (C=O) groups is 1. The number of hydrogen-bond donors (Lipinski definition) is 1. The minimum Gasteiger partial charge on any atom is -0.392 e. The second-order valence-electron chi connectivity index (χ2n) is 9.29. The van der Waals surface area contributed by atoms with Crippen molar-refractivity contribution in [2.45, 2.75) is 31.9 Å². The highest BCUT2D eigenvalue weighted by Crippen LogP contribution is 2.29. The molecular weight excluding hydrogens is 436 g/mol. The van der Waals surface area contributed by atoms with Crippen LogP contribution in [0, 0.1) is 5.92 Å². The molecule has 5 rings (SSSR count). The Kier molecular flexibility index (Phi) is 6.58. The van der Waals surface area contributed by atoms with Crippen LogP contribution in [0.2, 0.25) is 5.02 Å². The Morgan fingerprint density at radius 1 is 1.15 bits per heavy atom. The molecule has 1 amide bonds. The third-order valence-corrected chi connectivity index (χ3v) is 7.25. The Morgan fingerprint density at radius 3 is 2.79 bits per heavy atom. The number of pyridine rings is 1. The van der Waals surface area contributed by atoms with E-state index in [1.54, 1.807) is 12.4 Å². The largest absolute Gasteiger partial charge is 0.392 e. The van der Waals surface area contributed by atoms with E-state index in [9.17, 15) is 9.90 Å². The SMILES string of the molecule is O=C(CC1CC(O)CN(Cc2ccccc2Cl)C1)N1CCC2=C(C1)C(c1ccncc1)=NC2. The summed E-state index contributed by atoms with van der Waals surface area (Å²) in [6.07, 6.45) is 5.15. The molecular formula is C26H29ClN4O2. The average molecular weight is 465 g/mol. The summed E-state index contributed by atoms with van der Waals surface area (Å²) in [4.78, 5) is 26.3. The summed E-state index contributed by atoms with van der Waals surface area (Å²) in [5.41, 5.74) is 5.67. The maximum absolute atomic E-state index is 13.3. The van der Waals surface area contributed by atoms with E-state index in [0.717, 1.165) is 47.9 Å². The van der Waals surface area contributed by atoms with Gasteiger partial charge in [0.15, 0.2) is 0 Å². The number of rotatable bonds is 5. The summed E-state index contributed by atoms with van der Waals surface area (Å²) in [6.45, 7) is 4.19. The number of β-amino-alcohol motifs (C(OH)–C–C–N with tert-alkyl or cyclic N) is 1. The molecule has 2 atom stereocenters. The molecule has 0 spiro atoms. The Balaban J connectivity index is 1.21. The minimum absolute atomic E-state index is 0.135. The van der Waals surface area contributed by atoms with E-state index in [2.05, 4.69) is 9.88 Å². The second-order valence-corrected chi connectivity index (χ2v) is 9.70. The van der Waals surface area contributed by atoms with Crippen molar-refractivity contribution in [1.82, 2.24) is 14.8 Å². The highest BCUT2D eigenvalue weighted by atomic mass is 35.5. The van der Waals surface area contributed by atoms with Crippen LogP contribution in [0.4, 0.5) is 0 Å². The zero-order valence-electron chi connectivity index (χ0n) is 18.7. The van der Waals surface area contributed by atoms with Crippen molar-refractivity contribution in [3.05, 3.63) is 76.1 Å². The lowest BCUT2D eigenvalue weighted by atomic mass is 9.91. The van der Waals surface area contributed by atoms with Crippen LogP contribution in [0.25, 0.3) is 0 Å². The fraction of sp³-hybridized carbons (Fsp3) is 0.423. The third kappa shape index (κ3) is 5.03. The highest BCUT2D eigenvalue weighted by molar-refractivity contribution is 6.31. The maximum Gasteiger partial charge on any atom is 0.223 e. The quantitative estimate of drug-likeness (QED) is 0.736. The number of halogens is 1. The standard InChI is InChI=1S/C26H29ClN4O2/c27-24-4-2-1-3-21(24)15-30-14-18(11-22(32)16-30)12-25(33)31-10-7-20-13-29-26(23(20)17-31)19-5-8-28-9-6-19/h1-6,8-9,18,22,32H,7,10-17H2. The van der Waals surface area contributed by atoms with Gasteiger partial charge in [-0.05, 0) is 53.7 Å². The molecule has 0 bridgehead atoms. The van der Waals surface area contributed by atoms with Crippen molar-refractivity contribution in [3.8, 4) is 0 Å². The molecule has 4 heterocycles. The molecule has 1 saturated heterocycles. The van der Waals surface area contributed by atoms with Crippen LogP contribution in [0.1, 0.15) is 30.4 Å². The van der Waals surface area contributed by atoms with Crippen LogP contribution < -0.4 is 0 Å². The van der Waals surface area contributed by atoms with Gasteiger partial charge in [-0.25, -0.2) is 0 Å². The normalized spacial score (nSPS) is 23.5. The number of benzene rings is 1. The first kappa shape index (κ1) is 22.3. The molecule has 2 aromatic rings. The minimum atomic E-state index is -0.421. The summed E-state index contributed by atoms with van der Waals surface area (Å²) in [7, 11) is 0. The molecule has 0 saturated carbocycles. The predicted octanol–water partition coefficient (Wildman–Crippen LogP) is 3.34. The van der Waals surface area contributed by atoms with Gasteiger partial charge in [-0.15, -0.1) is 0 Å². The fourth-order valence-corrected chi connectivity index (χ4v) is 5.47. The number of likely N-dealkylation sites (tertiary alicyclic amines) is 1. The van der Waals surface area contributed by atoms with Gasteiger partial charge in [-0.3, -0.25) is 19.7 Å². The van der Waals surface area contributed by atoms with Crippen LogP contribution in [-0.2, 0) is 11.3 Å². The van der Waals surface area contributed by atoms with Crippen LogP contribution in [-0.4, -0.2) is 70.3 Å². The molecule has 1 N–H and O–H groups in total. The Morgan fingerprint density at radius 2 is 1.97 bits per heavy atom. The number of hydrogen-bond acceptors (Lipinski definition) is 5. The highest BCUT2D eigenvalue weighted by Gasteiger charge is 2.32. The fourth-order valence-electron chi connectivity index (χ4n) is 5.27. The monoisotopic (exact) mass is 464 g/mol. The summed E-state index contributed by atoms with van der Waals surface area (Å²) >= 11 is 6.34. The molecule has 6 nitrogen and oxygen atoms in total. The Bertz CT molecular complexity index is 1080. The second kappa shape index (κ2) is 9.75. The maximum atomic E-state index is 13.3. The van der Waals surface area contributed by atoms with Crippen LogP contribution >= 0.6 is 11.6 Å². The van der Waals surface area contributed by atoms with Gasteiger partial charge in [0.2, 0.25) is 5.91 Å². The lowest BCUT2D eigenvalue weighted by molar-refractivity contribution is -0.132. The van der Waals surface area contributed by atoms with Gasteiger partial charge in [0.05, 0.1) is 18.4 Å². The van der Waals surface area contributed by atoms with Gasteiger partial charge in [0.1, 0.15) is 0 Å². The number of aromatic nitrogens is 1. The Hall–Kier alpha value is -2.54. The molecule has 7 heteroatoms. The first-order valence-electron chi connectivity index (χ1n) is 11.6. The lowest BCUT2D eigenvalue weighted by Gasteiger charge is -2.37. The van der Waals surface area contributed by atoms with Gasteiger partial charge in [-0.1, -0.05) is 29.8 Å². The molecule has 2 unspecified atom stereocenters. The molecule has 3 aliphatic heterocycles. The predicted molar refractivity (Wildman–Crippen MR) is 129 cm³/mol. The van der Waals surface area contributed by atoms with Crippen molar-refractivity contribution in [2.75, 3.05) is 32.7 Å². The number of piperidine rings is 1. The van der Waals surface area contributed by atoms with Gasteiger partial charge in [0, 0.05) is 62.1 Å². The third-order valence-electron chi connectivity index (χ3n) is 6.89. The van der Waals surface area contributed by atoms with Gasteiger partial charge in [0.25, 0.3) is 0 Å². The molecule has 33 heavy (non-hydrogen) atoms. The smallest absolute Gasteiger partial charge is 0.223 e. The molecule has 172 valence electrons. The first-order chi connectivity index (χ1) is 16.1. The van der Waals surface area contributed by atoms with Crippen molar-refractivity contribution in [3.63, 3.8) is 0 Å². The molecule has 0 aliphatic carbocycles. The molecule has 1 fully saturated rings. The van der Waals surface area contributed by atoms with E-state index in [-0.39, 0.29) is 11.8 Å². The van der Waals surface area contributed by atoms with Crippen LogP contribution in [0.5, 0.6) is 0 Å². The number of carbonyl (C=O) groups excluding carboxylic acids is 1. The van der Waals surface area contributed by atoms with Crippen LogP contribution in [0.15, 0.2) is 64.9 Å². The van der Waals surface area contributed by atoms with Crippen molar-refractivity contribution >= 4 is 23.2 Å². The summed E-state index contributed by atoms with van der Waals surface area (Å²) in [5, 5.41) is 11.2. The summed E-state index contributed by atoms with van der Waals surface area (Å²) < 4.78 is 0. The zero-order valence-corrected chi connectivity index (χ0v) is 19.4. The van der Waals surface area contributed by atoms with Crippen molar-refractivity contribution in [1.29, 1.82) is 0 Å². The van der Waals surface area contributed by atoms with Gasteiger partial charge >= 0.3 is 0 Å². The van der Waals surface area contributed by atoms with Crippen molar-refractivity contribution < 1.29 is 9.90 Å². The number of aliphatic hydroxyl groups is 1. The van der Waals surface area contributed by atoms with E-state index in [1.807, 2.05) is 41.3 Å². The van der Waals surface area contributed by atoms with Gasteiger partial charge in [-0.2, -0.15) is 0 Å². The summed E-state index contributed by atoms with van der Waals surface area (Å²) in [5.74, 6) is 0.301. The van der Waals surface area contributed by atoms with E-state index in [4.69, 9.17) is 16.6 Å². The summed E-state index contributed by atoms with van der Waals surface area (Å²) in [6, 6.07) is 11.8. The van der Waals surface area contributed by atoms with Crippen molar-refractivity contribution in [2.24, 2.45) is 10.9 Å². The number of amides is 1. The number of aliphatic hydroxyl groups excluding tert-OH is 1. The van der Waals surface area contributed by atoms with E-state index in [0.29, 0.717) is 32.5 Å². The van der Waals surface area contributed by atoms with E-state index in [1.165, 1.54) is 11.1 Å². The molecule has 3 aliphatic rings. The van der Waals surface area contributed by atoms with E-state index >= 15 is 0 Å². The first-order valence-corrected chi connectivity index (χ1v) is 12.0. The van der Waals surface area contributed by atoms with E-state index < -0.39 is 6.10 Å².